The third-order valence-electron chi connectivity index (χ3n) is 3.42. The summed E-state index contributed by atoms with van der Waals surface area (Å²) in [5.41, 5.74) is 1.07. The lowest BCUT2D eigenvalue weighted by Gasteiger charge is -2.13. The van der Waals surface area contributed by atoms with E-state index in [9.17, 15) is 0 Å². The number of nitrogens with one attached hydrogen (secondary N) is 2. The molecule has 0 atom stereocenters. The van der Waals surface area contributed by atoms with Crippen LogP contribution in [0.25, 0.3) is 0 Å². The van der Waals surface area contributed by atoms with Crippen LogP contribution < -0.4 is 10.6 Å². The molecule has 0 aliphatic rings. The summed E-state index contributed by atoms with van der Waals surface area (Å²) in [5.74, 6) is 2.22. The van der Waals surface area contributed by atoms with Gasteiger partial charge in [-0.15, -0.1) is 24.0 Å². The first-order chi connectivity index (χ1) is 11.4. The lowest BCUT2D eigenvalue weighted by molar-refractivity contribution is 0.379. The second-order valence-electron chi connectivity index (χ2n) is 6.46. The van der Waals surface area contributed by atoms with Crippen molar-refractivity contribution in [3.05, 3.63) is 46.9 Å². The van der Waals surface area contributed by atoms with Gasteiger partial charge in [0.05, 0.1) is 12.7 Å². The molecule has 25 heavy (non-hydrogen) atoms. The Hall–Kier alpha value is -1.35. The fourth-order valence-electron chi connectivity index (χ4n) is 2.00. The maximum Gasteiger partial charge on any atom is 0.213 e. The minimum absolute atomic E-state index is 0. The molecule has 2 rings (SSSR count). The molecule has 0 bridgehead atoms. The second-order valence-corrected chi connectivity index (χ2v) is 6.85. The van der Waals surface area contributed by atoms with Crippen LogP contribution in [0.4, 0.5) is 0 Å². The molecule has 0 aliphatic heterocycles. The molecule has 0 amide bonds. The maximum atomic E-state index is 5.78. The van der Waals surface area contributed by atoms with Gasteiger partial charge < -0.3 is 15.1 Å². The van der Waals surface area contributed by atoms with Gasteiger partial charge in [-0.25, -0.2) is 9.97 Å². The summed E-state index contributed by atoms with van der Waals surface area (Å²) in [6.07, 6.45) is 4.39. The van der Waals surface area contributed by atoms with Crippen molar-refractivity contribution in [2.75, 3.05) is 13.6 Å². The summed E-state index contributed by atoms with van der Waals surface area (Å²) < 4.78 is 5.75. The van der Waals surface area contributed by atoms with E-state index in [0.717, 1.165) is 24.3 Å². The molecular weight excluding hydrogens is 453 g/mol. The third kappa shape index (κ3) is 7.19. The Balaban J connectivity index is 0.00000312. The number of halogens is 2. The highest BCUT2D eigenvalue weighted by molar-refractivity contribution is 14.0. The van der Waals surface area contributed by atoms with Gasteiger partial charge >= 0.3 is 0 Å². The van der Waals surface area contributed by atoms with Crippen LogP contribution in [0.1, 0.15) is 38.0 Å². The zero-order valence-electron chi connectivity index (χ0n) is 15.0. The highest BCUT2D eigenvalue weighted by Gasteiger charge is 2.19. The molecule has 0 saturated heterocycles. The van der Waals surface area contributed by atoms with E-state index in [4.69, 9.17) is 16.0 Å². The maximum absolute atomic E-state index is 5.78. The smallest absolute Gasteiger partial charge is 0.213 e. The van der Waals surface area contributed by atoms with E-state index in [-0.39, 0.29) is 29.4 Å². The van der Waals surface area contributed by atoms with Crippen molar-refractivity contribution in [1.82, 2.24) is 20.6 Å². The standard InChI is InChI=1S/C17H24ClN5O.HI/c1-17(2,3)13-10-22-15(24-13)11-23-16(19-4)20-8-7-12-5-6-14(18)21-9-12;/h5-6,9-10H,7-8,11H2,1-4H3,(H2,19,20,23);1H. The van der Waals surface area contributed by atoms with Gasteiger partial charge in [-0.05, 0) is 18.1 Å². The summed E-state index contributed by atoms with van der Waals surface area (Å²) in [6.45, 7) is 7.50. The molecular formula is C17H25ClIN5O. The molecule has 0 unspecified atom stereocenters. The lowest BCUT2D eigenvalue weighted by Crippen LogP contribution is -2.37. The van der Waals surface area contributed by atoms with Crippen LogP contribution in [0.3, 0.4) is 0 Å². The molecule has 6 nitrogen and oxygen atoms in total. The molecule has 0 aliphatic carbocycles. The third-order valence-corrected chi connectivity index (χ3v) is 3.64. The predicted molar refractivity (Wildman–Crippen MR) is 112 cm³/mol. The summed E-state index contributed by atoms with van der Waals surface area (Å²) >= 11 is 5.78. The van der Waals surface area contributed by atoms with Gasteiger partial charge in [0, 0.05) is 25.2 Å². The van der Waals surface area contributed by atoms with Crippen LogP contribution in [0.2, 0.25) is 5.15 Å². The van der Waals surface area contributed by atoms with Crippen LogP contribution in [0, 0.1) is 0 Å². The van der Waals surface area contributed by atoms with E-state index in [1.165, 1.54) is 0 Å². The van der Waals surface area contributed by atoms with Crippen LogP contribution in [-0.2, 0) is 18.4 Å². The van der Waals surface area contributed by atoms with E-state index in [0.29, 0.717) is 23.5 Å². The lowest BCUT2D eigenvalue weighted by atomic mass is 9.94. The molecule has 138 valence electrons. The summed E-state index contributed by atoms with van der Waals surface area (Å²) in [5, 5.41) is 6.94. The quantitative estimate of drug-likeness (QED) is 0.298. The molecule has 0 radical (unpaired) electrons. The van der Waals surface area contributed by atoms with Gasteiger partial charge in [0.1, 0.15) is 10.9 Å². The summed E-state index contributed by atoms with van der Waals surface area (Å²) in [7, 11) is 1.73. The van der Waals surface area contributed by atoms with Crippen LogP contribution in [-0.4, -0.2) is 29.5 Å². The average Bonchev–Trinajstić information content (AvgIpc) is 3.01. The summed E-state index contributed by atoms with van der Waals surface area (Å²) in [6, 6.07) is 3.76. The first-order valence-corrected chi connectivity index (χ1v) is 8.26. The fourth-order valence-corrected chi connectivity index (χ4v) is 2.11. The van der Waals surface area contributed by atoms with Crippen molar-refractivity contribution >= 4 is 41.5 Å². The van der Waals surface area contributed by atoms with Crippen molar-refractivity contribution in [2.24, 2.45) is 4.99 Å². The monoisotopic (exact) mass is 477 g/mol. The average molecular weight is 478 g/mol. The number of aromatic nitrogens is 2. The predicted octanol–water partition coefficient (Wildman–Crippen LogP) is 3.55. The number of aliphatic imine (C=N–C) groups is 1. The van der Waals surface area contributed by atoms with Crippen LogP contribution >= 0.6 is 35.6 Å². The van der Waals surface area contributed by atoms with Gasteiger partial charge in [0.15, 0.2) is 5.96 Å². The normalized spacial score (nSPS) is 11.8. The van der Waals surface area contributed by atoms with Crippen molar-refractivity contribution in [2.45, 2.75) is 39.2 Å². The Labute approximate surface area is 170 Å². The first kappa shape index (κ1) is 21.7. The van der Waals surface area contributed by atoms with Crippen molar-refractivity contribution in [3.8, 4) is 0 Å². The Morgan fingerprint density at radius 2 is 1.96 bits per heavy atom. The Bertz CT molecular complexity index is 679. The molecule has 2 aromatic rings. The minimum atomic E-state index is -0.0439. The molecule has 2 heterocycles. The van der Waals surface area contributed by atoms with E-state index in [1.54, 1.807) is 25.5 Å². The van der Waals surface area contributed by atoms with Gasteiger partial charge in [-0.2, -0.15) is 0 Å². The molecule has 0 saturated carbocycles. The molecule has 2 N–H and O–H groups in total. The van der Waals surface area contributed by atoms with Crippen LogP contribution in [0.15, 0.2) is 33.9 Å². The van der Waals surface area contributed by atoms with Gasteiger partial charge in [0.2, 0.25) is 5.89 Å². The van der Waals surface area contributed by atoms with Gasteiger partial charge in [-0.3, -0.25) is 4.99 Å². The van der Waals surface area contributed by atoms with E-state index < -0.39 is 0 Å². The molecule has 0 aromatic carbocycles. The molecule has 2 aromatic heterocycles. The Kier molecular flexibility index (Phi) is 8.64. The molecule has 0 fully saturated rings. The Morgan fingerprint density at radius 1 is 1.20 bits per heavy atom. The number of oxazole rings is 1. The zero-order valence-corrected chi connectivity index (χ0v) is 18.1. The van der Waals surface area contributed by atoms with Crippen LogP contribution in [0.5, 0.6) is 0 Å². The van der Waals surface area contributed by atoms with Crippen molar-refractivity contribution < 1.29 is 4.42 Å². The number of nitrogens with zero attached hydrogens (tertiary/aromatic N) is 3. The number of hydrogen-bond acceptors (Lipinski definition) is 4. The largest absolute Gasteiger partial charge is 0.443 e. The molecule has 8 heteroatoms. The van der Waals surface area contributed by atoms with Gasteiger partial charge in [0.25, 0.3) is 0 Å². The summed E-state index contributed by atoms with van der Waals surface area (Å²) in [4.78, 5) is 12.6. The first-order valence-electron chi connectivity index (χ1n) is 7.88. The highest BCUT2D eigenvalue weighted by Crippen LogP contribution is 2.22. The fraction of sp³-hybridized carbons (Fsp3) is 0.471. The van der Waals surface area contributed by atoms with E-state index in [2.05, 4.69) is 46.4 Å². The van der Waals surface area contributed by atoms with Crippen molar-refractivity contribution in [3.63, 3.8) is 0 Å². The van der Waals surface area contributed by atoms with E-state index in [1.807, 2.05) is 6.07 Å². The van der Waals surface area contributed by atoms with Gasteiger partial charge in [-0.1, -0.05) is 38.4 Å². The number of guanidine groups is 1. The SMILES string of the molecule is CN=C(NCCc1ccc(Cl)nc1)NCc1ncc(C(C)(C)C)o1.I. The number of rotatable bonds is 5. The Morgan fingerprint density at radius 3 is 2.52 bits per heavy atom. The number of hydrogen-bond donors (Lipinski definition) is 2. The second kappa shape index (κ2) is 9.96. The zero-order chi connectivity index (χ0) is 17.6. The van der Waals surface area contributed by atoms with Crippen molar-refractivity contribution in [1.29, 1.82) is 0 Å². The minimum Gasteiger partial charge on any atom is -0.443 e. The topological polar surface area (TPSA) is 75.3 Å². The molecule has 0 spiro atoms. The number of pyridine rings is 1. The van der Waals surface area contributed by atoms with E-state index >= 15 is 0 Å². The highest BCUT2D eigenvalue weighted by atomic mass is 127.